The Bertz CT molecular complexity index is 271. The second-order valence-corrected chi connectivity index (χ2v) is 4.31. The summed E-state index contributed by atoms with van der Waals surface area (Å²) >= 11 is 0. The Labute approximate surface area is 115 Å². The average Bonchev–Trinajstić information content (AvgIpc) is 2.36. The van der Waals surface area contributed by atoms with Gasteiger partial charge in [0.25, 0.3) is 0 Å². The fourth-order valence-corrected chi connectivity index (χ4v) is 1.72. The molecule has 19 heavy (non-hydrogen) atoms. The predicted molar refractivity (Wildman–Crippen MR) is 72.8 cm³/mol. The number of hydrogen-bond acceptors (Lipinski definition) is 5. The minimum Gasteiger partial charge on any atom is -0.465 e. The van der Waals surface area contributed by atoms with Crippen LogP contribution in [0.2, 0.25) is 0 Å². The van der Waals surface area contributed by atoms with E-state index in [2.05, 4.69) is 5.32 Å². The lowest BCUT2D eigenvalue weighted by Gasteiger charge is -2.25. The van der Waals surface area contributed by atoms with Gasteiger partial charge in [0, 0.05) is 13.7 Å². The van der Waals surface area contributed by atoms with Gasteiger partial charge in [-0.05, 0) is 20.4 Å². The number of esters is 1. The molecule has 1 N–H and O–H groups in total. The molecule has 1 unspecified atom stereocenters. The number of carbonyl (C=O) groups excluding carboxylic acids is 2. The molecule has 6 nitrogen and oxygen atoms in total. The molecule has 0 rings (SSSR count). The van der Waals surface area contributed by atoms with Gasteiger partial charge in [0.2, 0.25) is 5.91 Å². The normalized spacial score (nSPS) is 12.3. The number of methoxy groups -OCH3 is 1. The first-order valence-electron chi connectivity index (χ1n) is 6.69. The molecule has 112 valence electrons. The smallest absolute Gasteiger partial charge is 0.323 e. The molecule has 0 aromatic carbocycles. The van der Waals surface area contributed by atoms with Crippen LogP contribution in [0.4, 0.5) is 0 Å². The predicted octanol–water partition coefficient (Wildman–Crippen LogP) is 0.413. The average molecular weight is 274 g/mol. The van der Waals surface area contributed by atoms with E-state index in [9.17, 15) is 9.59 Å². The third kappa shape index (κ3) is 7.79. The molecule has 0 aliphatic carbocycles. The van der Waals surface area contributed by atoms with Gasteiger partial charge in [-0.2, -0.15) is 0 Å². The zero-order valence-corrected chi connectivity index (χ0v) is 12.4. The SMILES string of the molecule is CCCC(C(=O)OCC)N(C)CC(=O)NCCOC. The van der Waals surface area contributed by atoms with Gasteiger partial charge in [0.15, 0.2) is 0 Å². The maximum atomic E-state index is 11.8. The molecule has 0 aromatic rings. The Morgan fingerprint density at radius 2 is 2.00 bits per heavy atom. The van der Waals surface area contributed by atoms with E-state index in [1.54, 1.807) is 26.0 Å². The Hall–Kier alpha value is -1.14. The van der Waals surface area contributed by atoms with Crippen LogP contribution in [0.15, 0.2) is 0 Å². The van der Waals surface area contributed by atoms with Crippen LogP contribution in [0.5, 0.6) is 0 Å². The number of hydrogen-bond donors (Lipinski definition) is 1. The van der Waals surface area contributed by atoms with Gasteiger partial charge in [-0.3, -0.25) is 14.5 Å². The van der Waals surface area contributed by atoms with E-state index in [1.165, 1.54) is 0 Å². The van der Waals surface area contributed by atoms with Gasteiger partial charge in [0.1, 0.15) is 6.04 Å². The molecule has 0 aliphatic heterocycles. The highest BCUT2D eigenvalue weighted by molar-refractivity contribution is 5.80. The number of nitrogens with one attached hydrogen (secondary N) is 1. The second kappa shape index (κ2) is 10.8. The summed E-state index contributed by atoms with van der Waals surface area (Å²) in [7, 11) is 3.34. The molecule has 0 saturated heterocycles. The molecular formula is C13H26N2O4. The first-order chi connectivity index (χ1) is 9.06. The zero-order valence-electron chi connectivity index (χ0n) is 12.4. The summed E-state index contributed by atoms with van der Waals surface area (Å²) in [6, 6.07) is -0.363. The molecule has 0 heterocycles. The van der Waals surface area contributed by atoms with Gasteiger partial charge < -0.3 is 14.8 Å². The van der Waals surface area contributed by atoms with Crippen molar-refractivity contribution >= 4 is 11.9 Å². The van der Waals surface area contributed by atoms with Crippen LogP contribution in [0.1, 0.15) is 26.7 Å². The molecule has 1 amide bonds. The van der Waals surface area contributed by atoms with Crippen LogP contribution < -0.4 is 5.32 Å². The minimum absolute atomic E-state index is 0.120. The van der Waals surface area contributed by atoms with E-state index in [-0.39, 0.29) is 24.5 Å². The molecule has 0 spiro atoms. The number of rotatable bonds is 10. The van der Waals surface area contributed by atoms with Crippen molar-refractivity contribution < 1.29 is 19.1 Å². The van der Waals surface area contributed by atoms with Crippen molar-refractivity contribution in [3.63, 3.8) is 0 Å². The summed E-state index contributed by atoms with van der Waals surface area (Å²) < 4.78 is 9.88. The highest BCUT2D eigenvalue weighted by Gasteiger charge is 2.24. The Kier molecular flexibility index (Phi) is 10.1. The first kappa shape index (κ1) is 17.9. The van der Waals surface area contributed by atoms with E-state index in [0.717, 1.165) is 6.42 Å². The first-order valence-corrected chi connectivity index (χ1v) is 6.69. The standard InChI is InChI=1S/C13H26N2O4/c1-5-7-11(13(17)19-6-2)15(3)10-12(16)14-8-9-18-4/h11H,5-10H2,1-4H3,(H,14,16). The Morgan fingerprint density at radius 3 is 2.53 bits per heavy atom. The molecule has 0 aromatic heterocycles. The van der Waals surface area contributed by atoms with E-state index in [4.69, 9.17) is 9.47 Å². The van der Waals surface area contributed by atoms with Crippen molar-refractivity contribution in [1.29, 1.82) is 0 Å². The lowest BCUT2D eigenvalue weighted by molar-refractivity contribution is -0.149. The van der Waals surface area contributed by atoms with Gasteiger partial charge in [-0.1, -0.05) is 13.3 Å². The molecule has 1 atom stereocenters. The van der Waals surface area contributed by atoms with Gasteiger partial charge in [-0.15, -0.1) is 0 Å². The maximum absolute atomic E-state index is 11.8. The summed E-state index contributed by atoms with van der Waals surface area (Å²) in [5, 5.41) is 2.72. The van der Waals surface area contributed by atoms with Crippen LogP contribution in [-0.4, -0.2) is 63.3 Å². The van der Waals surface area contributed by atoms with E-state index < -0.39 is 0 Å². The van der Waals surface area contributed by atoms with Gasteiger partial charge in [0.05, 0.1) is 19.8 Å². The fraction of sp³-hybridized carbons (Fsp3) is 0.846. The van der Waals surface area contributed by atoms with Crippen LogP contribution in [-0.2, 0) is 19.1 Å². The monoisotopic (exact) mass is 274 g/mol. The third-order valence-corrected chi connectivity index (χ3v) is 2.67. The highest BCUT2D eigenvalue weighted by atomic mass is 16.5. The van der Waals surface area contributed by atoms with Crippen molar-refractivity contribution in [2.45, 2.75) is 32.7 Å². The number of likely N-dealkylation sites (N-methyl/N-ethyl adjacent to an activating group) is 1. The zero-order chi connectivity index (χ0) is 14.7. The summed E-state index contributed by atoms with van der Waals surface area (Å²) in [5.74, 6) is -0.388. The fourth-order valence-electron chi connectivity index (χ4n) is 1.72. The molecule has 0 bridgehead atoms. The lowest BCUT2D eigenvalue weighted by atomic mass is 10.1. The highest BCUT2D eigenvalue weighted by Crippen LogP contribution is 2.07. The molecule has 6 heteroatoms. The maximum Gasteiger partial charge on any atom is 0.323 e. The molecule has 0 aliphatic rings. The molecule has 0 fully saturated rings. The molecule has 0 radical (unpaired) electrons. The van der Waals surface area contributed by atoms with E-state index in [1.807, 2.05) is 6.92 Å². The van der Waals surface area contributed by atoms with E-state index in [0.29, 0.717) is 26.2 Å². The number of nitrogens with zero attached hydrogens (tertiary/aromatic N) is 1. The summed E-state index contributed by atoms with van der Waals surface area (Å²) in [4.78, 5) is 25.2. The molecule has 0 saturated carbocycles. The van der Waals surface area contributed by atoms with Gasteiger partial charge in [-0.25, -0.2) is 0 Å². The Morgan fingerprint density at radius 1 is 1.32 bits per heavy atom. The van der Waals surface area contributed by atoms with Crippen molar-refractivity contribution in [3.8, 4) is 0 Å². The van der Waals surface area contributed by atoms with Crippen molar-refractivity contribution in [3.05, 3.63) is 0 Å². The van der Waals surface area contributed by atoms with Gasteiger partial charge >= 0.3 is 5.97 Å². The van der Waals surface area contributed by atoms with Crippen LogP contribution in [0.25, 0.3) is 0 Å². The minimum atomic E-state index is -0.363. The molecular weight excluding hydrogens is 248 g/mol. The van der Waals surface area contributed by atoms with Crippen molar-refractivity contribution in [2.24, 2.45) is 0 Å². The largest absolute Gasteiger partial charge is 0.465 e. The summed E-state index contributed by atoms with van der Waals surface area (Å²) in [6.45, 7) is 5.25. The van der Waals surface area contributed by atoms with Crippen molar-refractivity contribution in [1.82, 2.24) is 10.2 Å². The Balaban J connectivity index is 4.26. The third-order valence-electron chi connectivity index (χ3n) is 2.67. The number of carbonyl (C=O) groups is 2. The van der Waals surface area contributed by atoms with Crippen molar-refractivity contribution in [2.75, 3.05) is 40.5 Å². The summed E-state index contributed by atoms with van der Waals surface area (Å²) in [5.41, 5.74) is 0. The van der Waals surface area contributed by atoms with Crippen LogP contribution in [0, 0.1) is 0 Å². The quantitative estimate of drug-likeness (QED) is 0.462. The number of amides is 1. The topological polar surface area (TPSA) is 67.9 Å². The number of ether oxygens (including phenoxy) is 2. The van der Waals surface area contributed by atoms with Crippen LogP contribution in [0.3, 0.4) is 0 Å². The van der Waals surface area contributed by atoms with E-state index >= 15 is 0 Å². The van der Waals surface area contributed by atoms with Crippen LogP contribution >= 0.6 is 0 Å². The lowest BCUT2D eigenvalue weighted by Crippen LogP contribution is -2.45. The second-order valence-electron chi connectivity index (χ2n) is 4.31. The summed E-state index contributed by atoms with van der Waals surface area (Å²) in [6.07, 6.45) is 1.54.